The quantitative estimate of drug-likeness (QED) is 0.816. The number of aromatic amines is 1. The number of nitrogens with zero attached hydrogens (tertiary/aromatic N) is 3. The average molecular weight is 287 g/mol. The van der Waals surface area contributed by atoms with Crippen LogP contribution in [-0.2, 0) is 0 Å². The summed E-state index contributed by atoms with van der Waals surface area (Å²) >= 11 is 0. The van der Waals surface area contributed by atoms with Crippen LogP contribution in [0.5, 0.6) is 0 Å². The van der Waals surface area contributed by atoms with E-state index in [1.54, 1.807) is 12.1 Å². The van der Waals surface area contributed by atoms with Crippen molar-refractivity contribution >= 4 is 22.5 Å². The third kappa shape index (κ3) is 2.47. The molecule has 1 aliphatic rings. The molecule has 3 N–H and O–H groups in total. The molecule has 3 rings (SSSR count). The molecule has 1 saturated heterocycles. The summed E-state index contributed by atoms with van der Waals surface area (Å²) in [6.07, 6.45) is 0. The first-order chi connectivity index (χ1) is 10.1. The minimum atomic E-state index is -0.0190. The first-order valence-corrected chi connectivity index (χ1v) is 7.37. The molecule has 1 aliphatic heterocycles. The Kier molecular flexibility index (Phi) is 3.55. The maximum absolute atomic E-state index is 12.7. The Morgan fingerprint density at radius 3 is 3.00 bits per heavy atom. The first kappa shape index (κ1) is 13.9. The lowest BCUT2D eigenvalue weighted by Gasteiger charge is -2.39. The number of H-pyrrole nitrogens is 1. The van der Waals surface area contributed by atoms with E-state index < -0.39 is 0 Å². The lowest BCUT2D eigenvalue weighted by Crippen LogP contribution is -2.53. The molecule has 1 amide bonds. The Morgan fingerprint density at radius 1 is 1.48 bits per heavy atom. The molecule has 0 spiro atoms. The van der Waals surface area contributed by atoms with Crippen LogP contribution >= 0.6 is 0 Å². The summed E-state index contributed by atoms with van der Waals surface area (Å²) in [5, 5.41) is 7.89. The summed E-state index contributed by atoms with van der Waals surface area (Å²) in [6, 6.07) is 5.84. The zero-order chi connectivity index (χ0) is 15.0. The van der Waals surface area contributed by atoms with E-state index in [9.17, 15) is 4.79 Å². The topological polar surface area (TPSA) is 78.2 Å². The number of nitrogen functional groups attached to an aromatic ring is 1. The molecular weight excluding hydrogens is 266 g/mol. The number of nitrogens with two attached hydrogens (primary N) is 1. The van der Waals surface area contributed by atoms with Crippen LogP contribution in [0, 0.1) is 0 Å². The van der Waals surface area contributed by atoms with E-state index in [1.807, 2.05) is 11.0 Å². The monoisotopic (exact) mass is 287 g/mol. The molecule has 0 aliphatic carbocycles. The number of benzene rings is 1. The zero-order valence-corrected chi connectivity index (χ0v) is 12.5. The Labute approximate surface area is 123 Å². The number of likely N-dealkylation sites (N-methyl/N-ethyl adjacent to an activating group) is 1. The highest BCUT2D eigenvalue weighted by Crippen LogP contribution is 2.21. The van der Waals surface area contributed by atoms with Gasteiger partial charge in [-0.3, -0.25) is 14.8 Å². The fourth-order valence-electron chi connectivity index (χ4n) is 2.99. The van der Waals surface area contributed by atoms with Gasteiger partial charge in [0.2, 0.25) is 0 Å². The Bertz CT molecular complexity index is 665. The van der Waals surface area contributed by atoms with Crippen molar-refractivity contribution in [1.29, 1.82) is 0 Å². The fourth-order valence-corrected chi connectivity index (χ4v) is 2.99. The number of nitrogens with one attached hydrogen (secondary N) is 1. The van der Waals surface area contributed by atoms with Crippen molar-refractivity contribution in [2.45, 2.75) is 19.9 Å². The number of carbonyl (C=O) groups excluding carboxylic acids is 1. The third-order valence-corrected chi connectivity index (χ3v) is 4.25. The molecule has 1 unspecified atom stereocenters. The number of amides is 1. The standard InChI is InChI=1S/C15H21N5O/c1-3-19-6-7-20(9-10(19)2)15(21)14-12-8-11(16)4-5-13(12)17-18-14/h4-5,8,10H,3,6-7,9,16H2,1-2H3,(H,17,18). The highest BCUT2D eigenvalue weighted by atomic mass is 16.2. The lowest BCUT2D eigenvalue weighted by atomic mass is 10.1. The van der Waals surface area contributed by atoms with Gasteiger partial charge in [-0.15, -0.1) is 0 Å². The van der Waals surface area contributed by atoms with Gasteiger partial charge in [0.1, 0.15) is 0 Å². The Morgan fingerprint density at radius 2 is 2.29 bits per heavy atom. The van der Waals surface area contributed by atoms with E-state index in [4.69, 9.17) is 5.73 Å². The fraction of sp³-hybridized carbons (Fsp3) is 0.467. The normalized spacial score (nSPS) is 20.1. The molecule has 6 nitrogen and oxygen atoms in total. The second-order valence-corrected chi connectivity index (χ2v) is 5.61. The number of piperazine rings is 1. The van der Waals surface area contributed by atoms with Gasteiger partial charge in [0.05, 0.1) is 5.52 Å². The molecule has 0 bridgehead atoms. The summed E-state index contributed by atoms with van der Waals surface area (Å²) in [5.41, 5.74) is 7.76. The van der Waals surface area contributed by atoms with E-state index in [0.717, 1.165) is 37.1 Å². The minimum Gasteiger partial charge on any atom is -0.399 e. The number of rotatable bonds is 2. The first-order valence-electron chi connectivity index (χ1n) is 7.37. The van der Waals surface area contributed by atoms with Gasteiger partial charge in [0, 0.05) is 36.7 Å². The molecule has 6 heteroatoms. The van der Waals surface area contributed by atoms with Gasteiger partial charge in [-0.2, -0.15) is 5.10 Å². The molecule has 1 atom stereocenters. The zero-order valence-electron chi connectivity index (χ0n) is 12.5. The molecule has 1 aromatic heterocycles. The second kappa shape index (κ2) is 5.37. The highest BCUT2D eigenvalue weighted by molar-refractivity contribution is 6.05. The summed E-state index contributed by atoms with van der Waals surface area (Å²) in [7, 11) is 0. The molecule has 21 heavy (non-hydrogen) atoms. The third-order valence-electron chi connectivity index (χ3n) is 4.25. The molecule has 0 radical (unpaired) electrons. The van der Waals surface area contributed by atoms with Crippen molar-refractivity contribution in [2.75, 3.05) is 31.9 Å². The van der Waals surface area contributed by atoms with Gasteiger partial charge in [-0.25, -0.2) is 0 Å². The maximum atomic E-state index is 12.7. The van der Waals surface area contributed by atoms with E-state index >= 15 is 0 Å². The van der Waals surface area contributed by atoms with E-state index in [-0.39, 0.29) is 5.91 Å². The highest BCUT2D eigenvalue weighted by Gasteiger charge is 2.28. The number of carbonyl (C=O) groups is 1. The second-order valence-electron chi connectivity index (χ2n) is 5.61. The largest absolute Gasteiger partial charge is 0.399 e. The SMILES string of the molecule is CCN1CCN(C(=O)c2n[nH]c3ccc(N)cc23)CC1C. The molecule has 112 valence electrons. The summed E-state index contributed by atoms with van der Waals surface area (Å²) in [6.45, 7) is 7.72. The van der Waals surface area contributed by atoms with Crippen LogP contribution < -0.4 is 5.73 Å². The van der Waals surface area contributed by atoms with E-state index in [1.165, 1.54) is 0 Å². The van der Waals surface area contributed by atoms with Gasteiger partial charge in [-0.1, -0.05) is 6.92 Å². The number of anilines is 1. The Hall–Kier alpha value is -2.08. The summed E-state index contributed by atoms with van der Waals surface area (Å²) < 4.78 is 0. The van der Waals surface area contributed by atoms with Gasteiger partial charge in [0.15, 0.2) is 5.69 Å². The van der Waals surface area contributed by atoms with Crippen LogP contribution in [0.2, 0.25) is 0 Å². The minimum absolute atomic E-state index is 0.0190. The van der Waals surface area contributed by atoms with Crippen molar-refractivity contribution < 1.29 is 4.79 Å². The van der Waals surface area contributed by atoms with Crippen molar-refractivity contribution in [3.05, 3.63) is 23.9 Å². The van der Waals surface area contributed by atoms with Gasteiger partial charge in [-0.05, 0) is 31.7 Å². The molecule has 2 aromatic rings. The van der Waals surface area contributed by atoms with E-state index in [2.05, 4.69) is 28.9 Å². The summed E-state index contributed by atoms with van der Waals surface area (Å²) in [4.78, 5) is 17.0. The number of hydrogen-bond donors (Lipinski definition) is 2. The van der Waals surface area contributed by atoms with Crippen LogP contribution in [0.1, 0.15) is 24.3 Å². The van der Waals surface area contributed by atoms with Crippen LogP contribution in [0.25, 0.3) is 10.9 Å². The van der Waals surface area contributed by atoms with Gasteiger partial charge >= 0.3 is 0 Å². The predicted octanol–water partition coefficient (Wildman–Crippen LogP) is 1.31. The average Bonchev–Trinajstić information content (AvgIpc) is 2.89. The number of fused-ring (bicyclic) bond motifs is 1. The van der Waals surface area contributed by atoms with Crippen molar-refractivity contribution in [3.63, 3.8) is 0 Å². The number of aromatic nitrogens is 2. The molecule has 1 aromatic carbocycles. The van der Waals surface area contributed by atoms with Crippen LogP contribution in [-0.4, -0.2) is 58.1 Å². The maximum Gasteiger partial charge on any atom is 0.275 e. The van der Waals surface area contributed by atoms with Crippen molar-refractivity contribution in [3.8, 4) is 0 Å². The van der Waals surface area contributed by atoms with Gasteiger partial charge in [0.25, 0.3) is 5.91 Å². The molecular formula is C15H21N5O. The van der Waals surface area contributed by atoms with Crippen molar-refractivity contribution in [2.24, 2.45) is 0 Å². The van der Waals surface area contributed by atoms with Crippen LogP contribution in [0.15, 0.2) is 18.2 Å². The number of hydrogen-bond acceptors (Lipinski definition) is 4. The van der Waals surface area contributed by atoms with Crippen LogP contribution in [0.4, 0.5) is 5.69 Å². The van der Waals surface area contributed by atoms with Crippen molar-refractivity contribution in [1.82, 2.24) is 20.0 Å². The van der Waals surface area contributed by atoms with E-state index in [0.29, 0.717) is 17.4 Å². The smallest absolute Gasteiger partial charge is 0.275 e. The van der Waals surface area contributed by atoms with Gasteiger partial charge < -0.3 is 10.6 Å². The molecule has 2 heterocycles. The molecule has 1 fully saturated rings. The summed E-state index contributed by atoms with van der Waals surface area (Å²) in [5.74, 6) is -0.0190. The van der Waals surface area contributed by atoms with Crippen LogP contribution in [0.3, 0.4) is 0 Å². The lowest BCUT2D eigenvalue weighted by molar-refractivity contribution is 0.0524. The molecule has 0 saturated carbocycles. The predicted molar refractivity (Wildman–Crippen MR) is 83.1 cm³/mol. The Balaban J connectivity index is 1.86.